The summed E-state index contributed by atoms with van der Waals surface area (Å²) in [6.07, 6.45) is 6.51. The van der Waals surface area contributed by atoms with Crippen molar-refractivity contribution >= 4 is 17.4 Å². The highest BCUT2D eigenvalue weighted by Crippen LogP contribution is 2.27. The molecule has 0 aromatic carbocycles. The third kappa shape index (κ3) is 2.50. The molecule has 15 heavy (non-hydrogen) atoms. The third-order valence-corrected chi connectivity index (χ3v) is 2.82. The smallest absolute Gasteiger partial charge is 0.224 e. The number of nitrogens with one attached hydrogen (secondary N) is 1. The van der Waals surface area contributed by atoms with E-state index >= 15 is 0 Å². The van der Waals surface area contributed by atoms with Crippen molar-refractivity contribution in [3.05, 3.63) is 11.5 Å². The quantitative estimate of drug-likeness (QED) is 0.806. The summed E-state index contributed by atoms with van der Waals surface area (Å²) in [7, 11) is 1.60. The molecular formula is C10H14ClN3O. The van der Waals surface area contributed by atoms with Crippen LogP contribution < -0.4 is 10.1 Å². The fourth-order valence-corrected chi connectivity index (χ4v) is 2.00. The van der Waals surface area contributed by atoms with Gasteiger partial charge < -0.3 is 10.1 Å². The highest BCUT2D eigenvalue weighted by molar-refractivity contribution is 6.28. The van der Waals surface area contributed by atoms with Gasteiger partial charge in [0.25, 0.3) is 0 Å². The van der Waals surface area contributed by atoms with E-state index in [-0.39, 0.29) is 5.28 Å². The predicted molar refractivity (Wildman–Crippen MR) is 59.5 cm³/mol. The van der Waals surface area contributed by atoms with Gasteiger partial charge in [-0.25, -0.2) is 4.98 Å². The summed E-state index contributed by atoms with van der Waals surface area (Å²) in [6.45, 7) is 0. The number of rotatable bonds is 3. The minimum absolute atomic E-state index is 0.247. The van der Waals surface area contributed by atoms with Gasteiger partial charge in [0, 0.05) is 6.04 Å². The van der Waals surface area contributed by atoms with Crippen molar-refractivity contribution in [1.82, 2.24) is 9.97 Å². The maximum Gasteiger partial charge on any atom is 0.224 e. The van der Waals surface area contributed by atoms with Crippen LogP contribution in [-0.4, -0.2) is 23.1 Å². The molecule has 1 aliphatic carbocycles. The standard InChI is InChI=1S/C10H14ClN3O/c1-15-8-6-12-10(11)14-9(8)13-7-4-2-3-5-7/h6-7H,2-5H2,1H3,(H,12,13,14). The van der Waals surface area contributed by atoms with E-state index in [9.17, 15) is 0 Å². The summed E-state index contributed by atoms with van der Waals surface area (Å²) >= 11 is 5.74. The first kappa shape index (κ1) is 10.5. The van der Waals surface area contributed by atoms with Gasteiger partial charge in [-0.2, -0.15) is 4.98 Å². The second-order valence-electron chi connectivity index (χ2n) is 3.68. The Morgan fingerprint density at radius 2 is 2.20 bits per heavy atom. The molecule has 0 amide bonds. The number of hydrogen-bond donors (Lipinski definition) is 1. The van der Waals surface area contributed by atoms with Gasteiger partial charge in [0.15, 0.2) is 11.6 Å². The summed E-state index contributed by atoms with van der Waals surface area (Å²) in [5.74, 6) is 1.34. The van der Waals surface area contributed by atoms with Gasteiger partial charge in [-0.3, -0.25) is 0 Å². The molecule has 1 aromatic heterocycles. The van der Waals surface area contributed by atoms with Crippen molar-refractivity contribution in [3.8, 4) is 5.75 Å². The molecule has 2 rings (SSSR count). The van der Waals surface area contributed by atoms with Gasteiger partial charge >= 0.3 is 0 Å². The van der Waals surface area contributed by atoms with E-state index in [1.54, 1.807) is 13.3 Å². The van der Waals surface area contributed by atoms with Crippen molar-refractivity contribution in [1.29, 1.82) is 0 Å². The van der Waals surface area contributed by atoms with Gasteiger partial charge in [0.05, 0.1) is 13.3 Å². The minimum Gasteiger partial charge on any atom is -0.491 e. The van der Waals surface area contributed by atoms with Crippen LogP contribution >= 0.6 is 11.6 Å². The Bertz CT molecular complexity index is 339. The molecule has 1 aromatic rings. The monoisotopic (exact) mass is 227 g/mol. The molecule has 82 valence electrons. The molecule has 1 aliphatic rings. The van der Waals surface area contributed by atoms with Crippen LogP contribution in [0, 0.1) is 0 Å². The summed E-state index contributed by atoms with van der Waals surface area (Å²) in [5.41, 5.74) is 0. The lowest BCUT2D eigenvalue weighted by Gasteiger charge is -2.14. The number of hydrogen-bond acceptors (Lipinski definition) is 4. The Labute approximate surface area is 94.0 Å². The van der Waals surface area contributed by atoms with Crippen molar-refractivity contribution in [3.63, 3.8) is 0 Å². The van der Waals surface area contributed by atoms with E-state index in [2.05, 4.69) is 15.3 Å². The summed E-state index contributed by atoms with van der Waals surface area (Å²) in [5, 5.41) is 3.59. The maximum absolute atomic E-state index is 5.74. The second kappa shape index (κ2) is 4.66. The highest BCUT2D eigenvalue weighted by atomic mass is 35.5. The van der Waals surface area contributed by atoms with Crippen molar-refractivity contribution in [2.75, 3.05) is 12.4 Å². The zero-order chi connectivity index (χ0) is 10.7. The largest absolute Gasteiger partial charge is 0.491 e. The lowest BCUT2D eigenvalue weighted by atomic mass is 10.2. The van der Waals surface area contributed by atoms with Crippen LogP contribution in [0.5, 0.6) is 5.75 Å². The summed E-state index contributed by atoms with van der Waals surface area (Å²) in [6, 6.07) is 0.491. The first-order chi connectivity index (χ1) is 7.29. The van der Waals surface area contributed by atoms with Crippen molar-refractivity contribution < 1.29 is 4.74 Å². The molecule has 0 radical (unpaired) electrons. The molecule has 1 heterocycles. The minimum atomic E-state index is 0.247. The zero-order valence-electron chi connectivity index (χ0n) is 8.66. The fourth-order valence-electron chi connectivity index (χ4n) is 1.87. The lowest BCUT2D eigenvalue weighted by Crippen LogP contribution is -2.16. The number of methoxy groups -OCH3 is 1. The lowest BCUT2D eigenvalue weighted by molar-refractivity contribution is 0.412. The van der Waals surface area contributed by atoms with Crippen molar-refractivity contribution in [2.24, 2.45) is 0 Å². The Balaban J connectivity index is 2.14. The Morgan fingerprint density at radius 1 is 1.47 bits per heavy atom. The fraction of sp³-hybridized carbons (Fsp3) is 0.600. The third-order valence-electron chi connectivity index (χ3n) is 2.64. The first-order valence-electron chi connectivity index (χ1n) is 5.12. The number of halogens is 1. The Hall–Kier alpha value is -1.03. The molecular weight excluding hydrogens is 214 g/mol. The van der Waals surface area contributed by atoms with E-state index < -0.39 is 0 Å². The molecule has 0 spiro atoms. The molecule has 5 heteroatoms. The number of ether oxygens (including phenoxy) is 1. The number of nitrogens with zero attached hydrogens (tertiary/aromatic N) is 2. The zero-order valence-corrected chi connectivity index (χ0v) is 9.42. The van der Waals surface area contributed by atoms with Crippen LogP contribution in [0.25, 0.3) is 0 Å². The first-order valence-corrected chi connectivity index (χ1v) is 5.50. The van der Waals surface area contributed by atoms with Crippen LogP contribution in [-0.2, 0) is 0 Å². The average molecular weight is 228 g/mol. The second-order valence-corrected chi connectivity index (χ2v) is 4.02. The van der Waals surface area contributed by atoms with Crippen molar-refractivity contribution in [2.45, 2.75) is 31.7 Å². The molecule has 0 unspecified atom stereocenters. The van der Waals surface area contributed by atoms with Crippen LogP contribution in [0.4, 0.5) is 5.82 Å². The van der Waals surface area contributed by atoms with Gasteiger partial charge in [-0.05, 0) is 24.4 Å². The van der Waals surface area contributed by atoms with Gasteiger partial charge in [-0.15, -0.1) is 0 Å². The van der Waals surface area contributed by atoms with Gasteiger partial charge in [0.2, 0.25) is 5.28 Å². The SMILES string of the molecule is COc1cnc(Cl)nc1NC1CCCC1. The van der Waals surface area contributed by atoms with Crippen LogP contribution in [0.2, 0.25) is 5.28 Å². The number of aromatic nitrogens is 2. The molecule has 1 N–H and O–H groups in total. The Kier molecular flexibility index (Phi) is 3.26. The molecule has 1 fully saturated rings. The van der Waals surface area contributed by atoms with E-state index in [0.29, 0.717) is 17.6 Å². The normalized spacial score (nSPS) is 16.7. The number of anilines is 1. The molecule has 4 nitrogen and oxygen atoms in total. The topological polar surface area (TPSA) is 47.0 Å². The predicted octanol–water partition coefficient (Wildman–Crippen LogP) is 2.49. The van der Waals surface area contributed by atoms with Gasteiger partial charge in [0.1, 0.15) is 0 Å². The molecule has 0 atom stereocenters. The van der Waals surface area contributed by atoms with E-state index in [4.69, 9.17) is 16.3 Å². The Morgan fingerprint density at radius 3 is 2.87 bits per heavy atom. The molecule has 0 bridgehead atoms. The average Bonchev–Trinajstić information content (AvgIpc) is 2.71. The summed E-state index contributed by atoms with van der Waals surface area (Å²) in [4.78, 5) is 8.00. The highest BCUT2D eigenvalue weighted by Gasteiger charge is 2.17. The van der Waals surface area contributed by atoms with Gasteiger partial charge in [-0.1, -0.05) is 12.8 Å². The van der Waals surface area contributed by atoms with Crippen LogP contribution in [0.3, 0.4) is 0 Å². The van der Waals surface area contributed by atoms with E-state index in [1.165, 1.54) is 25.7 Å². The van der Waals surface area contributed by atoms with Crippen LogP contribution in [0.1, 0.15) is 25.7 Å². The molecule has 0 aliphatic heterocycles. The van der Waals surface area contributed by atoms with Crippen LogP contribution in [0.15, 0.2) is 6.20 Å². The molecule has 1 saturated carbocycles. The maximum atomic E-state index is 5.74. The molecule has 0 saturated heterocycles. The van der Waals surface area contributed by atoms with E-state index in [0.717, 1.165) is 0 Å². The van der Waals surface area contributed by atoms with E-state index in [1.807, 2.05) is 0 Å². The summed E-state index contributed by atoms with van der Waals surface area (Å²) < 4.78 is 5.16.